The van der Waals surface area contributed by atoms with Crippen LogP contribution in [0.1, 0.15) is 62.8 Å². The van der Waals surface area contributed by atoms with Crippen LogP contribution >= 0.6 is 0 Å². The molecule has 0 amide bonds. The molecular formula is C54H48N2. The molecule has 0 saturated carbocycles. The highest BCUT2D eigenvalue weighted by molar-refractivity contribution is 5.86. The Hall–Kier alpha value is -6.38. The van der Waals surface area contributed by atoms with E-state index in [0.29, 0.717) is 0 Å². The summed E-state index contributed by atoms with van der Waals surface area (Å²) >= 11 is 0. The summed E-state index contributed by atoms with van der Waals surface area (Å²) in [6.07, 6.45) is 14.8. The number of hydrogen-bond acceptors (Lipinski definition) is 2. The Kier molecular flexibility index (Phi) is 8.66. The van der Waals surface area contributed by atoms with Crippen LogP contribution in [0.5, 0.6) is 0 Å². The molecule has 0 unspecified atom stereocenters. The number of nitrogens with zero attached hydrogens (tertiary/aromatic N) is 2. The van der Waals surface area contributed by atoms with Gasteiger partial charge < -0.3 is 9.80 Å². The molecule has 0 bridgehead atoms. The zero-order valence-corrected chi connectivity index (χ0v) is 32.9. The van der Waals surface area contributed by atoms with Gasteiger partial charge in [0.05, 0.1) is 0 Å². The Labute approximate surface area is 332 Å². The second-order valence-electron chi connectivity index (χ2n) is 16.2. The molecule has 9 rings (SSSR count). The Bertz CT molecular complexity index is 2610. The van der Waals surface area contributed by atoms with Gasteiger partial charge in [0, 0.05) is 45.0 Å². The summed E-state index contributed by atoms with van der Waals surface area (Å²) in [4.78, 5) is 4.69. The lowest BCUT2D eigenvalue weighted by molar-refractivity contribution is 0.660. The van der Waals surface area contributed by atoms with Crippen LogP contribution in [0.15, 0.2) is 194 Å². The quantitative estimate of drug-likeness (QED) is 0.137. The fourth-order valence-corrected chi connectivity index (χ4v) is 9.28. The van der Waals surface area contributed by atoms with Crippen molar-refractivity contribution >= 4 is 22.7 Å². The van der Waals surface area contributed by atoms with Gasteiger partial charge in [-0.1, -0.05) is 144 Å². The van der Waals surface area contributed by atoms with E-state index in [-0.39, 0.29) is 10.8 Å². The Morgan fingerprint density at radius 2 is 1.04 bits per heavy atom. The largest absolute Gasteiger partial charge is 0.311 e. The van der Waals surface area contributed by atoms with Crippen molar-refractivity contribution in [3.8, 4) is 33.4 Å². The average molecular weight is 725 g/mol. The number of fused-ring (bicyclic) bond motifs is 6. The maximum absolute atomic E-state index is 4.19. The van der Waals surface area contributed by atoms with Crippen molar-refractivity contribution in [1.82, 2.24) is 0 Å². The van der Waals surface area contributed by atoms with Gasteiger partial charge in [-0.25, -0.2) is 0 Å². The van der Waals surface area contributed by atoms with Crippen molar-refractivity contribution in [3.63, 3.8) is 0 Å². The Morgan fingerprint density at radius 3 is 1.57 bits per heavy atom. The number of anilines is 4. The van der Waals surface area contributed by atoms with E-state index in [1.54, 1.807) is 0 Å². The number of rotatable bonds is 9. The lowest BCUT2D eigenvalue weighted by atomic mass is 9.82. The van der Waals surface area contributed by atoms with E-state index in [2.05, 4.69) is 202 Å². The van der Waals surface area contributed by atoms with Crippen molar-refractivity contribution in [2.24, 2.45) is 0 Å². The molecule has 0 radical (unpaired) electrons. The van der Waals surface area contributed by atoms with Gasteiger partial charge in [-0.3, -0.25) is 0 Å². The van der Waals surface area contributed by atoms with Crippen LogP contribution in [0.3, 0.4) is 0 Å². The lowest BCUT2D eigenvalue weighted by Gasteiger charge is -2.30. The van der Waals surface area contributed by atoms with Crippen molar-refractivity contribution in [1.29, 1.82) is 0 Å². The Balaban J connectivity index is 1.04. The minimum Gasteiger partial charge on any atom is -0.311 e. The van der Waals surface area contributed by atoms with E-state index in [9.17, 15) is 0 Å². The highest BCUT2D eigenvalue weighted by Gasteiger charge is 2.37. The molecule has 0 saturated heterocycles. The van der Waals surface area contributed by atoms with Crippen LogP contribution in [0.4, 0.5) is 22.7 Å². The molecule has 0 atom stereocenters. The normalized spacial score (nSPS) is 15.6. The molecule has 6 aromatic rings. The topological polar surface area (TPSA) is 6.48 Å². The van der Waals surface area contributed by atoms with E-state index in [1.807, 2.05) is 18.2 Å². The summed E-state index contributed by atoms with van der Waals surface area (Å²) in [6, 6.07) is 49.4. The summed E-state index contributed by atoms with van der Waals surface area (Å²) in [7, 11) is 0. The first-order chi connectivity index (χ1) is 27.2. The van der Waals surface area contributed by atoms with Crippen molar-refractivity contribution in [2.45, 2.75) is 51.4 Å². The maximum Gasteiger partial charge on any atom is 0.0465 e. The van der Waals surface area contributed by atoms with Crippen LogP contribution in [-0.2, 0) is 10.8 Å². The third-order valence-corrected chi connectivity index (χ3v) is 12.2. The first kappa shape index (κ1) is 35.3. The zero-order valence-electron chi connectivity index (χ0n) is 32.9. The average Bonchev–Trinajstić information content (AvgIpc) is 3.61. The molecule has 0 aliphatic heterocycles. The van der Waals surface area contributed by atoms with Gasteiger partial charge >= 0.3 is 0 Å². The second-order valence-corrected chi connectivity index (χ2v) is 16.2. The summed E-state index contributed by atoms with van der Waals surface area (Å²) in [5.41, 5.74) is 19.7. The van der Waals surface area contributed by atoms with Crippen molar-refractivity contribution < 1.29 is 0 Å². The maximum atomic E-state index is 4.19. The monoisotopic (exact) mass is 724 g/mol. The fraction of sp³-hybridized carbons (Fsp3) is 0.148. The minimum atomic E-state index is -0.0947. The van der Waals surface area contributed by atoms with E-state index < -0.39 is 0 Å². The molecule has 0 fully saturated rings. The van der Waals surface area contributed by atoms with Crippen LogP contribution < -0.4 is 9.80 Å². The molecule has 0 heterocycles. The summed E-state index contributed by atoms with van der Waals surface area (Å²) < 4.78 is 0. The Morgan fingerprint density at radius 1 is 0.536 bits per heavy atom. The van der Waals surface area contributed by atoms with E-state index in [4.69, 9.17) is 0 Å². The highest BCUT2D eigenvalue weighted by atomic mass is 15.2. The smallest absolute Gasteiger partial charge is 0.0465 e. The number of hydrogen-bond donors (Lipinski definition) is 0. The molecular weight excluding hydrogens is 677 g/mol. The van der Waals surface area contributed by atoms with Gasteiger partial charge in [0.2, 0.25) is 0 Å². The predicted molar refractivity (Wildman–Crippen MR) is 239 cm³/mol. The highest BCUT2D eigenvalue weighted by Crippen LogP contribution is 2.52. The first-order valence-electron chi connectivity index (χ1n) is 19.8. The minimum absolute atomic E-state index is 0.0626. The summed E-state index contributed by atoms with van der Waals surface area (Å²) in [6.45, 7) is 17.6. The molecule has 6 aromatic carbocycles. The SMILES string of the molecule is C=C/C=C(\C=C)N(c1ccc(-c2ccc(N(C3=CCCC=C3)c3ccc4c(c3)C(C)(C)c3ccccc3-4)cc2)cc1)c1ccc2c(c1)C(C)(C)c1ccccc1-2. The van der Waals surface area contributed by atoms with Gasteiger partial charge in [0.1, 0.15) is 0 Å². The molecule has 3 aliphatic rings. The standard InChI is InChI=1S/C54H48N2/c1-7-16-39(8-2)55(43-31-33-47-45-19-12-14-21-49(45)53(3,4)51(47)35-43)41-27-23-37(24-28-41)38-25-29-42(30-26-38)56(40-17-10-9-11-18-40)44-32-34-48-46-20-13-15-22-50(46)54(5,6)52(48)36-44/h7-8,10,12-36H,1-2,9,11H2,3-6H3/b39-16+. The van der Waals surface area contributed by atoms with E-state index in [1.165, 1.54) is 67.0 Å². The second kappa shape index (κ2) is 13.7. The predicted octanol–water partition coefficient (Wildman–Crippen LogP) is 14.7. The molecule has 0 N–H and O–H groups in total. The molecule has 2 nitrogen and oxygen atoms in total. The molecule has 0 spiro atoms. The molecule has 56 heavy (non-hydrogen) atoms. The van der Waals surface area contributed by atoms with Gasteiger partial charge in [-0.05, 0) is 135 Å². The number of allylic oxidation sites excluding steroid dienone is 6. The first-order valence-corrected chi connectivity index (χ1v) is 19.8. The van der Waals surface area contributed by atoms with Crippen LogP contribution in [0, 0.1) is 0 Å². The van der Waals surface area contributed by atoms with E-state index >= 15 is 0 Å². The van der Waals surface area contributed by atoms with Gasteiger partial charge in [0.25, 0.3) is 0 Å². The molecule has 0 aromatic heterocycles. The van der Waals surface area contributed by atoms with Crippen LogP contribution in [-0.4, -0.2) is 0 Å². The van der Waals surface area contributed by atoms with Crippen LogP contribution in [0.25, 0.3) is 33.4 Å². The molecule has 2 heteroatoms. The van der Waals surface area contributed by atoms with Crippen LogP contribution in [0.2, 0.25) is 0 Å². The summed E-state index contributed by atoms with van der Waals surface area (Å²) in [5, 5.41) is 0. The summed E-state index contributed by atoms with van der Waals surface area (Å²) in [5.74, 6) is 0. The number of benzene rings is 6. The third kappa shape index (κ3) is 5.71. The van der Waals surface area contributed by atoms with Crippen molar-refractivity contribution in [3.05, 3.63) is 217 Å². The van der Waals surface area contributed by atoms with E-state index in [0.717, 1.165) is 35.6 Å². The van der Waals surface area contributed by atoms with Crippen molar-refractivity contribution in [2.75, 3.05) is 9.80 Å². The molecule has 274 valence electrons. The lowest BCUT2D eigenvalue weighted by Crippen LogP contribution is -2.19. The zero-order chi connectivity index (χ0) is 38.6. The van der Waals surface area contributed by atoms with Gasteiger partial charge in [-0.15, -0.1) is 0 Å². The third-order valence-electron chi connectivity index (χ3n) is 12.2. The fourth-order valence-electron chi connectivity index (χ4n) is 9.28. The molecule has 3 aliphatic carbocycles. The van der Waals surface area contributed by atoms with Gasteiger partial charge in [0.15, 0.2) is 0 Å². The van der Waals surface area contributed by atoms with Gasteiger partial charge in [-0.2, -0.15) is 0 Å².